The van der Waals surface area contributed by atoms with Crippen molar-refractivity contribution in [1.29, 1.82) is 0 Å². The van der Waals surface area contributed by atoms with Crippen LogP contribution in [0.2, 0.25) is 0 Å². The summed E-state index contributed by atoms with van der Waals surface area (Å²) in [5, 5.41) is 8.42. The van der Waals surface area contributed by atoms with Crippen LogP contribution < -0.4 is 10.9 Å². The number of nitrogens with zero attached hydrogens (tertiary/aromatic N) is 4. The summed E-state index contributed by atoms with van der Waals surface area (Å²) < 4.78 is 17.8. The molecule has 36 heavy (non-hydrogen) atoms. The van der Waals surface area contributed by atoms with E-state index < -0.39 is 5.82 Å². The molecule has 0 aliphatic heterocycles. The number of fused-ring (bicyclic) bond motifs is 2. The smallest absolute Gasteiger partial charge is 0.282 e. The summed E-state index contributed by atoms with van der Waals surface area (Å²) in [7, 11) is 0. The van der Waals surface area contributed by atoms with Crippen molar-refractivity contribution >= 4 is 55.5 Å². The van der Waals surface area contributed by atoms with Crippen LogP contribution in [0.3, 0.4) is 0 Å². The number of nitrogens with one attached hydrogen (secondary N) is 1. The summed E-state index contributed by atoms with van der Waals surface area (Å²) >= 11 is 3.41. The third kappa shape index (κ3) is 4.57. The topological polar surface area (TPSA) is 81.3 Å². The van der Waals surface area contributed by atoms with Crippen molar-refractivity contribution in [3.63, 3.8) is 0 Å². The van der Waals surface area contributed by atoms with E-state index in [4.69, 9.17) is 0 Å². The van der Waals surface area contributed by atoms with Crippen LogP contribution in [-0.2, 0) is 17.8 Å². The minimum Gasteiger partial charge on any atom is -0.337 e. The maximum atomic E-state index is 13.9. The Labute approximate surface area is 214 Å². The van der Waals surface area contributed by atoms with Crippen molar-refractivity contribution in [3.8, 4) is 0 Å². The molecule has 0 aliphatic rings. The summed E-state index contributed by atoms with van der Waals surface area (Å²) in [5.74, 6) is -0.318. The number of amides is 1. The average Bonchev–Trinajstić information content (AvgIpc) is 3.22. The second-order valence-corrected chi connectivity index (χ2v) is 9.08. The molecule has 5 aromatic rings. The molecule has 2 heterocycles. The van der Waals surface area contributed by atoms with E-state index in [0.29, 0.717) is 23.1 Å². The lowest BCUT2D eigenvalue weighted by Crippen LogP contribution is -2.22. The summed E-state index contributed by atoms with van der Waals surface area (Å²) in [4.78, 5) is 30.5. The molecule has 0 saturated heterocycles. The third-order valence-corrected chi connectivity index (χ3v) is 6.28. The van der Waals surface area contributed by atoms with Crippen molar-refractivity contribution in [1.82, 2.24) is 14.2 Å². The highest BCUT2D eigenvalue weighted by molar-refractivity contribution is 9.10. The SMILES string of the molecule is CCc1nc2ccc(Br)cc2c(=O)n1N=Cc1cn(CC(=O)Nc2ccccc2F)c2ccccc12. The van der Waals surface area contributed by atoms with Gasteiger partial charge in [0.05, 0.1) is 22.8 Å². The van der Waals surface area contributed by atoms with E-state index in [0.717, 1.165) is 20.9 Å². The van der Waals surface area contributed by atoms with Gasteiger partial charge in [0.25, 0.3) is 5.56 Å². The van der Waals surface area contributed by atoms with Crippen molar-refractivity contribution in [2.75, 3.05) is 5.32 Å². The van der Waals surface area contributed by atoms with Gasteiger partial charge in [-0.15, -0.1) is 0 Å². The number of halogens is 2. The number of aromatic nitrogens is 3. The molecule has 1 N–H and O–H groups in total. The average molecular weight is 546 g/mol. The normalized spacial score (nSPS) is 11.5. The van der Waals surface area contributed by atoms with E-state index in [1.54, 1.807) is 41.2 Å². The maximum Gasteiger partial charge on any atom is 0.282 e. The number of benzene rings is 3. The molecule has 0 aliphatic carbocycles. The molecular formula is C27H21BrFN5O2. The zero-order chi connectivity index (χ0) is 25.2. The molecule has 1 amide bonds. The lowest BCUT2D eigenvalue weighted by molar-refractivity contribution is -0.116. The first kappa shape index (κ1) is 23.6. The molecule has 180 valence electrons. The fourth-order valence-corrected chi connectivity index (χ4v) is 4.44. The number of anilines is 1. The Hall–Kier alpha value is -4.11. The number of carbonyl (C=O) groups is 1. The van der Waals surface area contributed by atoms with Crippen molar-refractivity contribution in [3.05, 3.63) is 105 Å². The zero-order valence-corrected chi connectivity index (χ0v) is 20.9. The Morgan fingerprint density at radius 3 is 2.69 bits per heavy atom. The monoisotopic (exact) mass is 545 g/mol. The molecule has 0 unspecified atom stereocenters. The molecule has 5 rings (SSSR count). The number of carbonyl (C=O) groups excluding carboxylic acids is 1. The fraction of sp³-hybridized carbons (Fsp3) is 0.111. The predicted octanol–water partition coefficient (Wildman–Crippen LogP) is 5.34. The summed E-state index contributed by atoms with van der Waals surface area (Å²) in [6, 6.07) is 19.0. The number of aryl methyl sites for hydroxylation is 1. The first-order valence-corrected chi connectivity index (χ1v) is 12.1. The number of hydrogen-bond acceptors (Lipinski definition) is 4. The largest absolute Gasteiger partial charge is 0.337 e. The van der Waals surface area contributed by atoms with Crippen molar-refractivity contribution in [2.45, 2.75) is 19.9 Å². The molecule has 0 spiro atoms. The highest BCUT2D eigenvalue weighted by Crippen LogP contribution is 2.21. The van der Waals surface area contributed by atoms with E-state index in [9.17, 15) is 14.0 Å². The first-order chi connectivity index (χ1) is 17.4. The van der Waals surface area contributed by atoms with Crippen molar-refractivity contribution in [2.24, 2.45) is 5.10 Å². The van der Waals surface area contributed by atoms with E-state index in [1.807, 2.05) is 37.3 Å². The third-order valence-electron chi connectivity index (χ3n) is 5.79. The lowest BCUT2D eigenvalue weighted by atomic mass is 10.2. The predicted molar refractivity (Wildman–Crippen MR) is 143 cm³/mol. The number of para-hydroxylation sites is 2. The zero-order valence-electron chi connectivity index (χ0n) is 19.3. The van der Waals surface area contributed by atoms with Crippen molar-refractivity contribution < 1.29 is 9.18 Å². The van der Waals surface area contributed by atoms with Crippen LogP contribution in [0.15, 0.2) is 87.3 Å². The van der Waals surface area contributed by atoms with Gasteiger partial charge >= 0.3 is 0 Å². The number of rotatable bonds is 6. The molecule has 9 heteroatoms. The van der Waals surface area contributed by atoms with Gasteiger partial charge in [-0.25, -0.2) is 9.37 Å². The van der Waals surface area contributed by atoms with E-state index >= 15 is 0 Å². The molecule has 0 saturated carbocycles. The first-order valence-electron chi connectivity index (χ1n) is 11.3. The molecule has 0 radical (unpaired) electrons. The Morgan fingerprint density at radius 1 is 1.11 bits per heavy atom. The molecule has 0 atom stereocenters. The van der Waals surface area contributed by atoms with Gasteiger partial charge in [0.2, 0.25) is 5.91 Å². The molecule has 3 aromatic carbocycles. The van der Waals surface area contributed by atoms with Gasteiger partial charge in [-0.05, 0) is 36.4 Å². The maximum absolute atomic E-state index is 13.9. The van der Waals surface area contributed by atoms with Gasteiger partial charge in [-0.1, -0.05) is 53.2 Å². The second kappa shape index (κ2) is 9.87. The summed E-state index contributed by atoms with van der Waals surface area (Å²) in [5.41, 5.74) is 2.02. The van der Waals surface area contributed by atoms with Gasteiger partial charge in [-0.3, -0.25) is 9.59 Å². The molecule has 0 bridgehead atoms. The van der Waals surface area contributed by atoms with Crippen LogP contribution in [0, 0.1) is 5.82 Å². The highest BCUT2D eigenvalue weighted by Gasteiger charge is 2.13. The molecule has 7 nitrogen and oxygen atoms in total. The van der Waals surface area contributed by atoms with Crippen LogP contribution in [-0.4, -0.2) is 26.3 Å². The Kier molecular flexibility index (Phi) is 6.47. The van der Waals surface area contributed by atoms with Gasteiger partial charge in [0, 0.05) is 33.6 Å². The van der Waals surface area contributed by atoms with Crippen LogP contribution in [0.1, 0.15) is 18.3 Å². The highest BCUT2D eigenvalue weighted by atomic mass is 79.9. The van der Waals surface area contributed by atoms with E-state index in [-0.39, 0.29) is 23.7 Å². The van der Waals surface area contributed by atoms with Gasteiger partial charge in [-0.2, -0.15) is 9.78 Å². The minimum absolute atomic E-state index is 0.0194. The van der Waals surface area contributed by atoms with Crippen LogP contribution in [0.5, 0.6) is 0 Å². The minimum atomic E-state index is -0.496. The quantitative estimate of drug-likeness (QED) is 0.292. The summed E-state index contributed by atoms with van der Waals surface area (Å²) in [6.07, 6.45) is 3.91. The summed E-state index contributed by atoms with van der Waals surface area (Å²) in [6.45, 7) is 1.90. The van der Waals surface area contributed by atoms with Crippen LogP contribution in [0.25, 0.3) is 21.8 Å². The molecule has 2 aromatic heterocycles. The van der Waals surface area contributed by atoms with E-state index in [1.165, 1.54) is 16.8 Å². The van der Waals surface area contributed by atoms with Crippen LogP contribution >= 0.6 is 15.9 Å². The Bertz CT molecular complexity index is 1710. The standard InChI is InChI=1S/C27H21BrFN5O2/c1-2-25-31-22-12-11-18(28)13-20(22)27(36)34(25)30-14-17-15-33(24-10-6-3-7-19(17)24)16-26(35)32-23-9-5-4-8-21(23)29/h3-15H,2,16H2,1H3,(H,32,35). The van der Waals surface area contributed by atoms with Gasteiger partial charge < -0.3 is 9.88 Å². The lowest BCUT2D eigenvalue weighted by Gasteiger charge is -2.08. The Balaban J connectivity index is 1.51. The van der Waals surface area contributed by atoms with Gasteiger partial charge in [0.15, 0.2) is 0 Å². The Morgan fingerprint density at radius 2 is 1.89 bits per heavy atom. The van der Waals surface area contributed by atoms with E-state index in [2.05, 4.69) is 31.3 Å². The van der Waals surface area contributed by atoms with Crippen LogP contribution in [0.4, 0.5) is 10.1 Å². The molecular weight excluding hydrogens is 525 g/mol. The molecule has 0 fully saturated rings. The number of hydrogen-bond donors (Lipinski definition) is 1. The van der Waals surface area contributed by atoms with Gasteiger partial charge in [0.1, 0.15) is 18.2 Å². The fourth-order valence-electron chi connectivity index (χ4n) is 4.08. The second-order valence-electron chi connectivity index (χ2n) is 8.16.